The number of nitrogens with one attached hydrogen (secondary N) is 2. The Balaban J connectivity index is 1.83. The summed E-state index contributed by atoms with van der Waals surface area (Å²) >= 11 is 1.41. The van der Waals surface area contributed by atoms with Crippen molar-refractivity contribution in [2.75, 3.05) is 12.3 Å². The van der Waals surface area contributed by atoms with E-state index in [-0.39, 0.29) is 23.9 Å². The Hall–Kier alpha value is -1.44. The van der Waals surface area contributed by atoms with Crippen molar-refractivity contribution in [3.8, 4) is 0 Å². The summed E-state index contributed by atoms with van der Waals surface area (Å²) in [6, 6.07) is -1.08. The summed E-state index contributed by atoms with van der Waals surface area (Å²) in [7, 11) is 0. The van der Waals surface area contributed by atoms with Gasteiger partial charge >= 0.3 is 12.0 Å². The maximum Gasteiger partial charge on any atom is 0.327 e. The first kappa shape index (κ1) is 14.0. The van der Waals surface area contributed by atoms with E-state index in [1.807, 2.05) is 0 Å². The molecule has 1 heterocycles. The number of nitrogens with zero attached hydrogens (tertiary/aromatic N) is 1. The Bertz CT molecular complexity index is 399. The second kappa shape index (κ2) is 5.68. The molecule has 3 N–H and O–H groups in total. The number of carboxylic acids is 1. The molecule has 8 heteroatoms. The van der Waals surface area contributed by atoms with Crippen molar-refractivity contribution < 1.29 is 19.5 Å². The van der Waals surface area contributed by atoms with Crippen LogP contribution in [-0.2, 0) is 9.59 Å². The first-order valence-corrected chi connectivity index (χ1v) is 7.24. The lowest BCUT2D eigenvalue weighted by Crippen LogP contribution is -2.51. The SMILES string of the molecule is CC1SCC(C(=O)O)N1C(=O)NCC(=O)NC1CC1. The van der Waals surface area contributed by atoms with Crippen LogP contribution in [0, 0.1) is 0 Å². The summed E-state index contributed by atoms with van der Waals surface area (Å²) in [6.07, 6.45) is 1.97. The van der Waals surface area contributed by atoms with Gasteiger partial charge in [-0.25, -0.2) is 9.59 Å². The number of amides is 3. The van der Waals surface area contributed by atoms with E-state index in [1.165, 1.54) is 16.7 Å². The van der Waals surface area contributed by atoms with E-state index < -0.39 is 18.0 Å². The molecule has 2 unspecified atom stereocenters. The van der Waals surface area contributed by atoms with Crippen molar-refractivity contribution in [1.29, 1.82) is 0 Å². The molecule has 106 valence electrons. The third-order valence-electron chi connectivity index (χ3n) is 3.09. The van der Waals surface area contributed by atoms with Gasteiger partial charge in [-0.1, -0.05) is 0 Å². The second-order valence-electron chi connectivity index (χ2n) is 4.69. The number of carbonyl (C=O) groups is 3. The van der Waals surface area contributed by atoms with Gasteiger partial charge in [-0.15, -0.1) is 11.8 Å². The van der Waals surface area contributed by atoms with Crippen molar-refractivity contribution in [3.63, 3.8) is 0 Å². The van der Waals surface area contributed by atoms with Crippen LogP contribution in [-0.4, -0.2) is 57.7 Å². The molecule has 1 aliphatic heterocycles. The summed E-state index contributed by atoms with van der Waals surface area (Å²) in [5.74, 6) is -0.880. The molecular weight excluding hydrogens is 270 g/mol. The fraction of sp³-hybridized carbons (Fsp3) is 0.727. The minimum Gasteiger partial charge on any atom is -0.480 e. The Morgan fingerprint density at radius 2 is 2.05 bits per heavy atom. The average molecular weight is 287 g/mol. The highest BCUT2D eigenvalue weighted by atomic mass is 32.2. The maximum atomic E-state index is 11.9. The number of hydrogen-bond donors (Lipinski definition) is 3. The predicted molar refractivity (Wildman–Crippen MR) is 69.7 cm³/mol. The lowest BCUT2D eigenvalue weighted by Gasteiger charge is -2.25. The zero-order valence-corrected chi connectivity index (χ0v) is 11.4. The van der Waals surface area contributed by atoms with Crippen LogP contribution in [0.5, 0.6) is 0 Å². The van der Waals surface area contributed by atoms with Crippen molar-refractivity contribution >= 4 is 29.7 Å². The van der Waals surface area contributed by atoms with Crippen LogP contribution < -0.4 is 10.6 Å². The number of thioether (sulfide) groups is 1. The molecule has 2 atom stereocenters. The second-order valence-corrected chi connectivity index (χ2v) is 6.04. The smallest absolute Gasteiger partial charge is 0.327 e. The van der Waals surface area contributed by atoms with Crippen LogP contribution in [0.25, 0.3) is 0 Å². The van der Waals surface area contributed by atoms with Gasteiger partial charge in [0, 0.05) is 11.8 Å². The highest BCUT2D eigenvalue weighted by Crippen LogP contribution is 2.28. The van der Waals surface area contributed by atoms with Crippen LogP contribution in [0.2, 0.25) is 0 Å². The summed E-state index contributed by atoms with van der Waals surface area (Å²) in [4.78, 5) is 35.7. The van der Waals surface area contributed by atoms with Gasteiger partial charge in [0.25, 0.3) is 0 Å². The number of rotatable bonds is 4. The number of carboxylic acid groups (broad SMARTS) is 1. The maximum absolute atomic E-state index is 11.9. The molecule has 1 aliphatic carbocycles. The van der Waals surface area contributed by atoms with E-state index in [2.05, 4.69) is 10.6 Å². The number of carbonyl (C=O) groups excluding carboxylic acids is 2. The summed E-state index contributed by atoms with van der Waals surface area (Å²) in [5.41, 5.74) is 0. The highest BCUT2D eigenvalue weighted by molar-refractivity contribution is 8.00. The van der Waals surface area contributed by atoms with E-state index in [9.17, 15) is 14.4 Å². The van der Waals surface area contributed by atoms with Crippen LogP contribution in [0.1, 0.15) is 19.8 Å². The standard InChI is InChI=1S/C11H17N3O4S/c1-6-14(8(5-19-6)10(16)17)11(18)12-4-9(15)13-7-2-3-7/h6-8H,2-5H2,1H3,(H,12,18)(H,13,15)(H,16,17). The molecule has 2 rings (SSSR count). The fourth-order valence-corrected chi connectivity index (χ4v) is 3.06. The molecule has 19 heavy (non-hydrogen) atoms. The molecule has 3 amide bonds. The van der Waals surface area contributed by atoms with Gasteiger partial charge < -0.3 is 15.7 Å². The van der Waals surface area contributed by atoms with Crippen molar-refractivity contribution in [2.45, 2.75) is 37.2 Å². The molecule has 1 saturated carbocycles. The van der Waals surface area contributed by atoms with Gasteiger partial charge in [0.2, 0.25) is 5.91 Å². The van der Waals surface area contributed by atoms with Crippen LogP contribution in [0.3, 0.4) is 0 Å². The van der Waals surface area contributed by atoms with Gasteiger partial charge in [0.15, 0.2) is 0 Å². The van der Waals surface area contributed by atoms with Crippen molar-refractivity contribution in [2.24, 2.45) is 0 Å². The lowest BCUT2D eigenvalue weighted by atomic mass is 10.3. The molecule has 0 bridgehead atoms. The number of hydrogen-bond acceptors (Lipinski definition) is 4. The molecule has 0 spiro atoms. The fourth-order valence-electron chi connectivity index (χ4n) is 1.89. The molecule has 0 aromatic carbocycles. The third-order valence-corrected chi connectivity index (χ3v) is 4.30. The van der Waals surface area contributed by atoms with E-state index in [1.54, 1.807) is 6.92 Å². The van der Waals surface area contributed by atoms with E-state index in [0.29, 0.717) is 5.75 Å². The minimum atomic E-state index is -1.02. The molecule has 2 aliphatic rings. The van der Waals surface area contributed by atoms with Crippen LogP contribution in [0.4, 0.5) is 4.79 Å². The molecule has 0 radical (unpaired) electrons. The largest absolute Gasteiger partial charge is 0.480 e. The molecule has 0 aromatic heterocycles. The Morgan fingerprint density at radius 1 is 1.37 bits per heavy atom. The van der Waals surface area contributed by atoms with Gasteiger partial charge in [-0.2, -0.15) is 0 Å². The lowest BCUT2D eigenvalue weighted by molar-refractivity contribution is -0.141. The van der Waals surface area contributed by atoms with E-state index in [0.717, 1.165) is 12.8 Å². The van der Waals surface area contributed by atoms with Crippen molar-refractivity contribution in [1.82, 2.24) is 15.5 Å². The minimum absolute atomic E-state index is 0.116. The van der Waals surface area contributed by atoms with Gasteiger partial charge in [-0.05, 0) is 19.8 Å². The third kappa shape index (κ3) is 3.52. The normalized spacial score (nSPS) is 26.1. The molecular formula is C11H17N3O4S. The predicted octanol–water partition coefficient (Wildman–Crippen LogP) is -0.177. The topological polar surface area (TPSA) is 98.7 Å². The zero-order chi connectivity index (χ0) is 14.0. The Kier molecular flexibility index (Phi) is 4.18. The van der Waals surface area contributed by atoms with Gasteiger partial charge in [0.05, 0.1) is 11.9 Å². The van der Waals surface area contributed by atoms with Gasteiger partial charge in [0.1, 0.15) is 6.04 Å². The first-order valence-electron chi connectivity index (χ1n) is 6.19. The highest BCUT2D eigenvalue weighted by Gasteiger charge is 2.39. The number of urea groups is 1. The molecule has 0 aromatic rings. The van der Waals surface area contributed by atoms with E-state index in [4.69, 9.17) is 5.11 Å². The number of aliphatic carboxylic acids is 1. The summed E-state index contributed by atoms with van der Waals surface area (Å²) in [6.45, 7) is 1.66. The van der Waals surface area contributed by atoms with Crippen LogP contribution in [0.15, 0.2) is 0 Å². The average Bonchev–Trinajstić information content (AvgIpc) is 3.06. The first-order chi connectivity index (χ1) is 8.99. The quantitative estimate of drug-likeness (QED) is 0.666. The Morgan fingerprint density at radius 3 is 2.63 bits per heavy atom. The van der Waals surface area contributed by atoms with Crippen molar-refractivity contribution in [3.05, 3.63) is 0 Å². The zero-order valence-electron chi connectivity index (χ0n) is 10.6. The molecule has 1 saturated heterocycles. The van der Waals surface area contributed by atoms with E-state index >= 15 is 0 Å². The Labute approximate surface area is 115 Å². The molecule has 7 nitrogen and oxygen atoms in total. The van der Waals surface area contributed by atoms with Gasteiger partial charge in [-0.3, -0.25) is 9.69 Å². The monoisotopic (exact) mass is 287 g/mol. The summed E-state index contributed by atoms with van der Waals surface area (Å²) < 4.78 is 0. The van der Waals surface area contributed by atoms with Crippen LogP contribution >= 0.6 is 11.8 Å². The molecule has 2 fully saturated rings. The summed E-state index contributed by atoms with van der Waals surface area (Å²) in [5, 5.41) is 14.1.